The standard InChI is InChI=1S/C16H21N3O/c1-11-10-15(12(2)19-18-11)16(17)9-6-13-4-7-14(20-3)8-5-13/h4-5,7-8,10,16H,6,9,17H2,1-3H3. The number of methoxy groups -OCH3 is 1. The molecule has 2 aromatic rings. The number of ether oxygens (including phenoxy) is 1. The van der Waals surface area contributed by atoms with E-state index in [2.05, 4.69) is 22.3 Å². The monoisotopic (exact) mass is 271 g/mol. The van der Waals surface area contributed by atoms with Gasteiger partial charge in [0.15, 0.2) is 0 Å². The molecule has 4 heteroatoms. The molecule has 1 aromatic heterocycles. The quantitative estimate of drug-likeness (QED) is 0.908. The first kappa shape index (κ1) is 14.5. The number of aromatic nitrogens is 2. The van der Waals surface area contributed by atoms with E-state index in [0.717, 1.165) is 35.5 Å². The normalized spacial score (nSPS) is 12.2. The van der Waals surface area contributed by atoms with Crippen LogP contribution in [-0.4, -0.2) is 17.3 Å². The van der Waals surface area contributed by atoms with Crippen LogP contribution < -0.4 is 10.5 Å². The number of hydrogen-bond donors (Lipinski definition) is 1. The maximum Gasteiger partial charge on any atom is 0.118 e. The fourth-order valence-corrected chi connectivity index (χ4v) is 2.22. The van der Waals surface area contributed by atoms with Gasteiger partial charge in [0.1, 0.15) is 5.75 Å². The molecule has 106 valence electrons. The Morgan fingerprint density at radius 2 is 1.85 bits per heavy atom. The van der Waals surface area contributed by atoms with Crippen LogP contribution in [0.3, 0.4) is 0 Å². The van der Waals surface area contributed by atoms with Crippen molar-refractivity contribution in [1.82, 2.24) is 10.2 Å². The number of benzene rings is 1. The first-order valence-corrected chi connectivity index (χ1v) is 6.79. The molecule has 0 fully saturated rings. The Hall–Kier alpha value is -1.94. The van der Waals surface area contributed by atoms with Gasteiger partial charge in [-0.2, -0.15) is 10.2 Å². The number of aryl methyl sites for hydroxylation is 3. The van der Waals surface area contributed by atoms with Crippen LogP contribution in [0.5, 0.6) is 5.75 Å². The Morgan fingerprint density at radius 3 is 2.50 bits per heavy atom. The van der Waals surface area contributed by atoms with E-state index in [-0.39, 0.29) is 6.04 Å². The number of nitrogens with two attached hydrogens (primary N) is 1. The predicted octanol–water partition coefficient (Wildman–Crippen LogP) is 2.73. The van der Waals surface area contributed by atoms with Crippen molar-refractivity contribution < 1.29 is 4.74 Å². The predicted molar refractivity (Wildman–Crippen MR) is 79.7 cm³/mol. The average molecular weight is 271 g/mol. The van der Waals surface area contributed by atoms with Gasteiger partial charge in [0.25, 0.3) is 0 Å². The zero-order chi connectivity index (χ0) is 14.5. The second-order valence-electron chi connectivity index (χ2n) is 5.02. The highest BCUT2D eigenvalue weighted by atomic mass is 16.5. The Kier molecular flexibility index (Phi) is 4.69. The van der Waals surface area contributed by atoms with Gasteiger partial charge in [0.05, 0.1) is 18.5 Å². The summed E-state index contributed by atoms with van der Waals surface area (Å²) in [5.41, 5.74) is 10.4. The highest BCUT2D eigenvalue weighted by molar-refractivity contribution is 5.28. The molecule has 0 radical (unpaired) electrons. The second kappa shape index (κ2) is 6.48. The summed E-state index contributed by atoms with van der Waals surface area (Å²) in [7, 11) is 1.67. The summed E-state index contributed by atoms with van der Waals surface area (Å²) in [5.74, 6) is 0.878. The molecule has 20 heavy (non-hydrogen) atoms. The Labute approximate surface area is 120 Å². The van der Waals surface area contributed by atoms with Gasteiger partial charge < -0.3 is 10.5 Å². The number of rotatable bonds is 5. The lowest BCUT2D eigenvalue weighted by Crippen LogP contribution is -2.14. The molecule has 0 saturated heterocycles. The topological polar surface area (TPSA) is 61.0 Å². The van der Waals surface area contributed by atoms with Crippen molar-refractivity contribution in [1.29, 1.82) is 0 Å². The molecule has 1 aromatic carbocycles. The van der Waals surface area contributed by atoms with Crippen molar-refractivity contribution in [3.05, 3.63) is 52.8 Å². The SMILES string of the molecule is COc1ccc(CCC(N)c2cc(C)nnc2C)cc1. The van der Waals surface area contributed by atoms with E-state index in [9.17, 15) is 0 Å². The minimum atomic E-state index is -0.00805. The third-order valence-corrected chi connectivity index (χ3v) is 3.44. The van der Waals surface area contributed by atoms with Crippen LogP contribution in [0.1, 0.15) is 35.0 Å². The molecule has 0 aliphatic heterocycles. The molecular weight excluding hydrogens is 250 g/mol. The van der Waals surface area contributed by atoms with Crippen LogP contribution in [0.4, 0.5) is 0 Å². The van der Waals surface area contributed by atoms with E-state index in [1.54, 1.807) is 7.11 Å². The summed E-state index contributed by atoms with van der Waals surface area (Å²) >= 11 is 0. The van der Waals surface area contributed by atoms with E-state index in [4.69, 9.17) is 10.5 Å². The van der Waals surface area contributed by atoms with Crippen LogP contribution in [0.2, 0.25) is 0 Å². The Morgan fingerprint density at radius 1 is 1.15 bits per heavy atom. The molecule has 0 saturated carbocycles. The molecule has 0 spiro atoms. The third-order valence-electron chi connectivity index (χ3n) is 3.44. The second-order valence-corrected chi connectivity index (χ2v) is 5.02. The molecule has 1 atom stereocenters. The first-order chi connectivity index (χ1) is 9.60. The first-order valence-electron chi connectivity index (χ1n) is 6.79. The maximum atomic E-state index is 6.28. The number of nitrogens with zero attached hydrogens (tertiary/aromatic N) is 2. The van der Waals surface area contributed by atoms with Crippen LogP contribution in [-0.2, 0) is 6.42 Å². The highest BCUT2D eigenvalue weighted by Gasteiger charge is 2.11. The zero-order valence-electron chi connectivity index (χ0n) is 12.3. The lowest BCUT2D eigenvalue weighted by molar-refractivity contribution is 0.414. The minimum absolute atomic E-state index is 0.00805. The van der Waals surface area contributed by atoms with Crippen molar-refractivity contribution in [3.8, 4) is 5.75 Å². The van der Waals surface area contributed by atoms with E-state index in [1.165, 1.54) is 5.56 Å². The molecule has 0 aliphatic rings. The summed E-state index contributed by atoms with van der Waals surface area (Å²) in [5, 5.41) is 8.17. The smallest absolute Gasteiger partial charge is 0.118 e. The van der Waals surface area contributed by atoms with Crippen molar-refractivity contribution in [2.75, 3.05) is 7.11 Å². The molecule has 2 N–H and O–H groups in total. The summed E-state index contributed by atoms with van der Waals surface area (Å²) in [4.78, 5) is 0. The Bertz CT molecular complexity index is 566. The van der Waals surface area contributed by atoms with Gasteiger partial charge >= 0.3 is 0 Å². The van der Waals surface area contributed by atoms with Crippen LogP contribution >= 0.6 is 0 Å². The molecule has 4 nitrogen and oxygen atoms in total. The van der Waals surface area contributed by atoms with Crippen molar-refractivity contribution in [3.63, 3.8) is 0 Å². The molecule has 2 rings (SSSR count). The highest BCUT2D eigenvalue weighted by Crippen LogP contribution is 2.20. The van der Waals surface area contributed by atoms with Gasteiger partial charge in [0.2, 0.25) is 0 Å². The van der Waals surface area contributed by atoms with Crippen molar-refractivity contribution in [2.24, 2.45) is 5.73 Å². The van der Waals surface area contributed by atoms with E-state index < -0.39 is 0 Å². The lowest BCUT2D eigenvalue weighted by atomic mass is 9.99. The Balaban J connectivity index is 2.00. The van der Waals surface area contributed by atoms with Gasteiger partial charge in [-0.25, -0.2) is 0 Å². The molecule has 0 aliphatic carbocycles. The largest absolute Gasteiger partial charge is 0.497 e. The van der Waals surface area contributed by atoms with Gasteiger partial charge in [-0.1, -0.05) is 12.1 Å². The average Bonchev–Trinajstić information content (AvgIpc) is 2.47. The molecule has 1 heterocycles. The molecular formula is C16H21N3O. The summed E-state index contributed by atoms with van der Waals surface area (Å²) in [6.45, 7) is 3.89. The number of hydrogen-bond acceptors (Lipinski definition) is 4. The van der Waals surface area contributed by atoms with Crippen molar-refractivity contribution >= 4 is 0 Å². The van der Waals surface area contributed by atoms with Gasteiger partial charge in [-0.15, -0.1) is 0 Å². The fraction of sp³-hybridized carbons (Fsp3) is 0.375. The molecule has 0 bridgehead atoms. The molecule has 0 amide bonds. The van der Waals surface area contributed by atoms with Gasteiger partial charge in [0, 0.05) is 6.04 Å². The summed E-state index contributed by atoms with van der Waals surface area (Å²) in [6, 6.07) is 10.1. The van der Waals surface area contributed by atoms with E-state index in [0.29, 0.717) is 0 Å². The van der Waals surface area contributed by atoms with Gasteiger partial charge in [-0.05, 0) is 56.0 Å². The van der Waals surface area contributed by atoms with Crippen LogP contribution in [0.15, 0.2) is 30.3 Å². The van der Waals surface area contributed by atoms with Crippen LogP contribution in [0.25, 0.3) is 0 Å². The molecule has 1 unspecified atom stereocenters. The summed E-state index contributed by atoms with van der Waals surface area (Å²) < 4.78 is 5.15. The zero-order valence-corrected chi connectivity index (χ0v) is 12.3. The van der Waals surface area contributed by atoms with E-state index in [1.807, 2.05) is 32.0 Å². The minimum Gasteiger partial charge on any atom is -0.497 e. The third kappa shape index (κ3) is 3.54. The van der Waals surface area contributed by atoms with Gasteiger partial charge in [-0.3, -0.25) is 0 Å². The maximum absolute atomic E-state index is 6.28. The van der Waals surface area contributed by atoms with Crippen LogP contribution in [0, 0.1) is 13.8 Å². The summed E-state index contributed by atoms with van der Waals surface area (Å²) in [6.07, 6.45) is 1.82. The van der Waals surface area contributed by atoms with E-state index >= 15 is 0 Å². The fourth-order valence-electron chi connectivity index (χ4n) is 2.22. The lowest BCUT2D eigenvalue weighted by Gasteiger charge is -2.14. The van der Waals surface area contributed by atoms with Crippen molar-refractivity contribution in [2.45, 2.75) is 32.7 Å².